The molecular weight excluding hydrogens is 206 g/mol. The molecule has 1 aromatic rings. The van der Waals surface area contributed by atoms with Crippen LogP contribution < -0.4 is 5.32 Å². The molecule has 2 unspecified atom stereocenters. The van der Waals surface area contributed by atoms with Gasteiger partial charge in [-0.1, -0.05) is 50.1 Å². The Kier molecular flexibility index (Phi) is 3.86. The molecule has 0 aliphatic heterocycles. The zero-order chi connectivity index (χ0) is 12.3. The lowest BCUT2D eigenvalue weighted by Crippen LogP contribution is -2.36. The number of hydrogen-bond donors (Lipinski definition) is 1. The van der Waals surface area contributed by atoms with Crippen LogP contribution in [0.1, 0.15) is 38.3 Å². The van der Waals surface area contributed by atoms with Crippen molar-refractivity contribution in [1.82, 2.24) is 5.32 Å². The average Bonchev–Trinajstić information content (AvgIpc) is 3.15. The van der Waals surface area contributed by atoms with Gasteiger partial charge in [0.1, 0.15) is 0 Å². The molecule has 0 amide bonds. The van der Waals surface area contributed by atoms with Gasteiger partial charge in [-0.15, -0.1) is 6.42 Å². The molecule has 0 saturated heterocycles. The molecule has 1 aliphatic carbocycles. The Bertz CT molecular complexity index is 384. The summed E-state index contributed by atoms with van der Waals surface area (Å²) in [6, 6.07) is 11.3. The van der Waals surface area contributed by atoms with Crippen molar-refractivity contribution in [2.24, 2.45) is 11.8 Å². The largest absolute Gasteiger partial charge is 0.296 e. The Morgan fingerprint density at radius 2 is 1.88 bits per heavy atom. The minimum absolute atomic E-state index is 0.167. The second-order valence-corrected chi connectivity index (χ2v) is 5.28. The zero-order valence-corrected chi connectivity index (χ0v) is 10.7. The van der Waals surface area contributed by atoms with E-state index in [2.05, 4.69) is 55.4 Å². The van der Waals surface area contributed by atoms with E-state index in [1.807, 2.05) is 0 Å². The quantitative estimate of drug-likeness (QED) is 0.760. The van der Waals surface area contributed by atoms with E-state index in [9.17, 15) is 0 Å². The monoisotopic (exact) mass is 227 g/mol. The van der Waals surface area contributed by atoms with Crippen molar-refractivity contribution in [3.05, 3.63) is 35.9 Å². The lowest BCUT2D eigenvalue weighted by Gasteiger charge is -2.25. The molecule has 0 spiro atoms. The molecule has 0 bridgehead atoms. The van der Waals surface area contributed by atoms with Gasteiger partial charge in [-0.05, 0) is 30.2 Å². The van der Waals surface area contributed by atoms with E-state index in [1.165, 1.54) is 18.4 Å². The summed E-state index contributed by atoms with van der Waals surface area (Å²) in [5.41, 5.74) is 1.37. The smallest absolute Gasteiger partial charge is 0.0715 e. The van der Waals surface area contributed by atoms with Crippen LogP contribution in [0.2, 0.25) is 0 Å². The molecule has 0 heterocycles. The van der Waals surface area contributed by atoms with Crippen molar-refractivity contribution >= 4 is 0 Å². The first-order valence-corrected chi connectivity index (χ1v) is 6.49. The number of rotatable bonds is 5. The predicted octanol–water partition coefficient (Wildman–Crippen LogP) is 3.39. The molecule has 2 atom stereocenters. The molecule has 1 fully saturated rings. The van der Waals surface area contributed by atoms with Gasteiger partial charge in [-0.3, -0.25) is 5.32 Å². The lowest BCUT2D eigenvalue weighted by molar-refractivity contribution is 0.389. The summed E-state index contributed by atoms with van der Waals surface area (Å²) in [5, 5.41) is 3.65. The Balaban J connectivity index is 2.11. The first-order chi connectivity index (χ1) is 8.22. The summed E-state index contributed by atoms with van der Waals surface area (Å²) in [5.74, 6) is 4.12. The molecule has 1 nitrogen and oxygen atoms in total. The topological polar surface area (TPSA) is 12.0 Å². The summed E-state index contributed by atoms with van der Waals surface area (Å²) in [7, 11) is 0. The number of terminal acetylenes is 1. The van der Waals surface area contributed by atoms with Crippen LogP contribution >= 0.6 is 0 Å². The van der Waals surface area contributed by atoms with Crippen LogP contribution in [0.5, 0.6) is 0 Å². The highest BCUT2D eigenvalue weighted by atomic mass is 15.0. The van der Waals surface area contributed by atoms with Gasteiger partial charge >= 0.3 is 0 Å². The van der Waals surface area contributed by atoms with Crippen LogP contribution in [-0.2, 0) is 0 Å². The van der Waals surface area contributed by atoms with Gasteiger partial charge in [0.25, 0.3) is 0 Å². The number of benzene rings is 1. The van der Waals surface area contributed by atoms with Gasteiger partial charge in [0.15, 0.2) is 0 Å². The molecular formula is C16H21N. The average molecular weight is 227 g/mol. The van der Waals surface area contributed by atoms with E-state index in [1.54, 1.807) is 0 Å². The van der Waals surface area contributed by atoms with Crippen molar-refractivity contribution in [1.29, 1.82) is 0 Å². The molecule has 1 heteroatoms. The van der Waals surface area contributed by atoms with Gasteiger partial charge in [0.05, 0.1) is 6.04 Å². The fourth-order valence-electron chi connectivity index (χ4n) is 2.22. The van der Waals surface area contributed by atoms with Crippen LogP contribution in [0, 0.1) is 24.2 Å². The molecule has 1 N–H and O–H groups in total. The minimum atomic E-state index is 0.167. The van der Waals surface area contributed by atoms with Gasteiger partial charge in [-0.25, -0.2) is 0 Å². The van der Waals surface area contributed by atoms with E-state index in [0.717, 1.165) is 5.92 Å². The highest BCUT2D eigenvalue weighted by Gasteiger charge is 2.33. The molecule has 1 aliphatic rings. The van der Waals surface area contributed by atoms with Crippen molar-refractivity contribution < 1.29 is 0 Å². The van der Waals surface area contributed by atoms with Crippen LogP contribution in [0.3, 0.4) is 0 Å². The summed E-state index contributed by atoms with van der Waals surface area (Å²) < 4.78 is 0. The lowest BCUT2D eigenvalue weighted by atomic mass is 9.98. The number of hydrogen-bond acceptors (Lipinski definition) is 1. The van der Waals surface area contributed by atoms with Crippen molar-refractivity contribution in [3.63, 3.8) is 0 Å². The maximum atomic E-state index is 5.61. The Labute approximate surface area is 105 Å². The minimum Gasteiger partial charge on any atom is -0.296 e. The third-order valence-electron chi connectivity index (χ3n) is 3.46. The third kappa shape index (κ3) is 3.11. The zero-order valence-electron chi connectivity index (χ0n) is 10.7. The van der Waals surface area contributed by atoms with Crippen molar-refractivity contribution in [2.75, 3.05) is 0 Å². The Hall–Kier alpha value is -1.26. The third-order valence-corrected chi connectivity index (χ3v) is 3.46. The normalized spacial score (nSPS) is 18.7. The summed E-state index contributed by atoms with van der Waals surface area (Å²) >= 11 is 0. The maximum Gasteiger partial charge on any atom is 0.0715 e. The number of nitrogens with one attached hydrogen (secondary N) is 1. The fourth-order valence-corrected chi connectivity index (χ4v) is 2.22. The van der Waals surface area contributed by atoms with E-state index >= 15 is 0 Å². The maximum absolute atomic E-state index is 5.61. The van der Waals surface area contributed by atoms with Crippen molar-refractivity contribution in [2.45, 2.75) is 38.8 Å². The van der Waals surface area contributed by atoms with Crippen LogP contribution in [0.15, 0.2) is 30.3 Å². The fraction of sp³-hybridized carbons (Fsp3) is 0.500. The summed E-state index contributed by atoms with van der Waals surface area (Å²) in [6.07, 6.45) is 8.25. The summed E-state index contributed by atoms with van der Waals surface area (Å²) in [6.45, 7) is 4.35. The van der Waals surface area contributed by atoms with Crippen LogP contribution in [0.25, 0.3) is 0 Å². The molecule has 1 saturated carbocycles. The van der Waals surface area contributed by atoms with Gasteiger partial charge in [0.2, 0.25) is 0 Å². The standard InChI is InChI=1S/C16H21N/c1-4-15(12(2)3)17-16(14-10-11-14)13-8-6-5-7-9-13/h1,5-9,12,14-17H,10-11H2,2-3H3. The van der Waals surface area contributed by atoms with E-state index in [0.29, 0.717) is 12.0 Å². The molecule has 1 aromatic carbocycles. The van der Waals surface area contributed by atoms with Crippen molar-refractivity contribution in [3.8, 4) is 12.3 Å². The highest BCUT2D eigenvalue weighted by molar-refractivity contribution is 5.22. The highest BCUT2D eigenvalue weighted by Crippen LogP contribution is 2.41. The van der Waals surface area contributed by atoms with Gasteiger partial charge < -0.3 is 0 Å². The molecule has 90 valence electrons. The molecule has 0 aromatic heterocycles. The first-order valence-electron chi connectivity index (χ1n) is 6.49. The van der Waals surface area contributed by atoms with Gasteiger partial charge in [0, 0.05) is 6.04 Å². The summed E-state index contributed by atoms with van der Waals surface area (Å²) in [4.78, 5) is 0. The van der Waals surface area contributed by atoms with Crippen LogP contribution in [0.4, 0.5) is 0 Å². The molecule has 0 radical (unpaired) electrons. The second-order valence-electron chi connectivity index (χ2n) is 5.28. The van der Waals surface area contributed by atoms with E-state index < -0.39 is 0 Å². The van der Waals surface area contributed by atoms with E-state index in [-0.39, 0.29) is 6.04 Å². The molecule has 17 heavy (non-hydrogen) atoms. The second kappa shape index (κ2) is 5.38. The first kappa shape index (κ1) is 12.2. The van der Waals surface area contributed by atoms with E-state index in [4.69, 9.17) is 6.42 Å². The Morgan fingerprint density at radius 1 is 1.24 bits per heavy atom. The van der Waals surface area contributed by atoms with Crippen LogP contribution in [-0.4, -0.2) is 6.04 Å². The predicted molar refractivity (Wildman–Crippen MR) is 72.5 cm³/mol. The molecule has 2 rings (SSSR count). The Morgan fingerprint density at radius 3 is 2.35 bits per heavy atom. The SMILES string of the molecule is C#CC(NC(c1ccccc1)C1CC1)C(C)C. The van der Waals surface area contributed by atoms with Gasteiger partial charge in [-0.2, -0.15) is 0 Å².